The van der Waals surface area contributed by atoms with Crippen LogP contribution < -0.4 is 5.56 Å². The molecule has 0 bridgehead atoms. The van der Waals surface area contributed by atoms with Gasteiger partial charge in [0.25, 0.3) is 5.56 Å². The summed E-state index contributed by atoms with van der Waals surface area (Å²) in [5.74, 6) is -1.20. The van der Waals surface area contributed by atoms with Crippen LogP contribution in [0, 0.1) is 0 Å². The summed E-state index contributed by atoms with van der Waals surface area (Å²) < 4.78 is 1.37. The van der Waals surface area contributed by atoms with Gasteiger partial charge in [-0.25, -0.2) is 4.79 Å². The molecule has 1 aromatic heterocycles. The van der Waals surface area contributed by atoms with Crippen LogP contribution in [0.25, 0.3) is 11.3 Å². The van der Waals surface area contributed by atoms with E-state index in [-0.39, 0.29) is 5.56 Å². The first-order chi connectivity index (χ1) is 9.04. The van der Waals surface area contributed by atoms with Gasteiger partial charge in [0.1, 0.15) is 5.56 Å². The summed E-state index contributed by atoms with van der Waals surface area (Å²) in [5.41, 5.74) is 2.11. The second-order valence-corrected chi connectivity index (χ2v) is 4.35. The summed E-state index contributed by atoms with van der Waals surface area (Å²) in [4.78, 5) is 22.8. The standard InChI is InChI=1S/C15H15NO3/c1-3-10-4-6-11(7-5-10)13-9-8-12(15(18)19)14(17)16(13)2/h4-9H,3H2,1-2H3,(H,18,19). The third-order valence-corrected chi connectivity index (χ3v) is 3.19. The number of nitrogens with zero attached hydrogens (tertiary/aromatic N) is 1. The molecule has 0 aliphatic carbocycles. The van der Waals surface area contributed by atoms with Gasteiger partial charge in [-0.3, -0.25) is 4.79 Å². The highest BCUT2D eigenvalue weighted by atomic mass is 16.4. The van der Waals surface area contributed by atoms with E-state index in [1.165, 1.54) is 16.2 Å². The maximum Gasteiger partial charge on any atom is 0.341 e. The molecule has 0 saturated carbocycles. The number of aromatic nitrogens is 1. The molecule has 2 rings (SSSR count). The fourth-order valence-corrected chi connectivity index (χ4v) is 2.00. The van der Waals surface area contributed by atoms with Crippen molar-refractivity contribution in [1.29, 1.82) is 0 Å². The van der Waals surface area contributed by atoms with Crippen molar-refractivity contribution in [3.63, 3.8) is 0 Å². The molecule has 4 heteroatoms. The van der Waals surface area contributed by atoms with Gasteiger partial charge in [-0.2, -0.15) is 0 Å². The molecule has 19 heavy (non-hydrogen) atoms. The van der Waals surface area contributed by atoms with E-state index in [4.69, 9.17) is 5.11 Å². The lowest BCUT2D eigenvalue weighted by atomic mass is 10.1. The van der Waals surface area contributed by atoms with Gasteiger partial charge in [0.05, 0.1) is 5.69 Å². The molecule has 98 valence electrons. The Bertz CT molecular complexity index is 669. The summed E-state index contributed by atoms with van der Waals surface area (Å²) >= 11 is 0. The zero-order valence-electron chi connectivity index (χ0n) is 10.9. The minimum absolute atomic E-state index is 0.212. The fourth-order valence-electron chi connectivity index (χ4n) is 2.00. The summed E-state index contributed by atoms with van der Waals surface area (Å²) in [5, 5.41) is 8.91. The molecule has 0 atom stereocenters. The van der Waals surface area contributed by atoms with Crippen LogP contribution in [0.1, 0.15) is 22.8 Å². The number of hydrogen-bond donors (Lipinski definition) is 1. The van der Waals surface area contributed by atoms with Crippen LogP contribution >= 0.6 is 0 Å². The SMILES string of the molecule is CCc1ccc(-c2ccc(C(=O)O)c(=O)n2C)cc1. The second kappa shape index (κ2) is 5.10. The molecule has 4 nitrogen and oxygen atoms in total. The van der Waals surface area contributed by atoms with Crippen molar-refractivity contribution >= 4 is 5.97 Å². The van der Waals surface area contributed by atoms with Crippen molar-refractivity contribution in [1.82, 2.24) is 4.57 Å². The molecule has 0 radical (unpaired) electrons. The smallest absolute Gasteiger partial charge is 0.341 e. The molecule has 0 aliphatic heterocycles. The van der Waals surface area contributed by atoms with E-state index < -0.39 is 11.5 Å². The number of carbonyl (C=O) groups is 1. The van der Waals surface area contributed by atoms with Crippen molar-refractivity contribution in [3.8, 4) is 11.3 Å². The normalized spacial score (nSPS) is 10.4. The topological polar surface area (TPSA) is 59.3 Å². The summed E-state index contributed by atoms with van der Waals surface area (Å²) in [6, 6.07) is 10.9. The lowest BCUT2D eigenvalue weighted by Crippen LogP contribution is -2.25. The molecule has 1 N–H and O–H groups in total. The number of aromatic carboxylic acids is 1. The molecule has 0 spiro atoms. The van der Waals surface area contributed by atoms with Crippen LogP contribution in [0.3, 0.4) is 0 Å². The Morgan fingerprint density at radius 2 is 1.79 bits per heavy atom. The number of carboxylic acids is 1. The minimum atomic E-state index is -1.20. The van der Waals surface area contributed by atoms with Gasteiger partial charge in [-0.1, -0.05) is 31.2 Å². The van der Waals surface area contributed by atoms with E-state index in [2.05, 4.69) is 6.92 Å². The zero-order valence-corrected chi connectivity index (χ0v) is 10.9. The van der Waals surface area contributed by atoms with E-state index in [0.717, 1.165) is 12.0 Å². The van der Waals surface area contributed by atoms with Crippen LogP contribution in [0.15, 0.2) is 41.2 Å². The first kappa shape index (κ1) is 13.1. The third-order valence-electron chi connectivity index (χ3n) is 3.19. The molecule has 0 fully saturated rings. The Morgan fingerprint density at radius 3 is 2.32 bits per heavy atom. The number of pyridine rings is 1. The number of carboxylic acid groups (broad SMARTS) is 1. The molecule has 0 aliphatic rings. The van der Waals surface area contributed by atoms with Crippen molar-refractivity contribution in [2.45, 2.75) is 13.3 Å². The van der Waals surface area contributed by atoms with E-state index in [1.54, 1.807) is 13.1 Å². The largest absolute Gasteiger partial charge is 0.477 e. The van der Waals surface area contributed by atoms with E-state index in [0.29, 0.717) is 5.69 Å². The van der Waals surface area contributed by atoms with Gasteiger partial charge < -0.3 is 9.67 Å². The maximum absolute atomic E-state index is 11.9. The monoisotopic (exact) mass is 257 g/mol. The van der Waals surface area contributed by atoms with Gasteiger partial charge in [-0.05, 0) is 29.7 Å². The van der Waals surface area contributed by atoms with Gasteiger partial charge in [0.2, 0.25) is 0 Å². The Hall–Kier alpha value is -2.36. The lowest BCUT2D eigenvalue weighted by molar-refractivity contribution is 0.0694. The first-order valence-electron chi connectivity index (χ1n) is 6.07. The average Bonchev–Trinajstić information content (AvgIpc) is 2.41. The van der Waals surface area contributed by atoms with Crippen LogP contribution in [0.4, 0.5) is 0 Å². The number of hydrogen-bond acceptors (Lipinski definition) is 2. The maximum atomic E-state index is 11.9. The first-order valence-corrected chi connectivity index (χ1v) is 6.07. The predicted octanol–water partition coefficient (Wildman–Crippen LogP) is 2.31. The molecule has 1 aromatic carbocycles. The Balaban J connectivity index is 2.54. The molecule has 1 heterocycles. The minimum Gasteiger partial charge on any atom is -0.477 e. The molecular weight excluding hydrogens is 242 g/mol. The third kappa shape index (κ3) is 2.42. The highest BCUT2D eigenvalue weighted by Gasteiger charge is 2.12. The van der Waals surface area contributed by atoms with E-state index in [1.807, 2.05) is 24.3 Å². The molecule has 0 amide bonds. The Morgan fingerprint density at radius 1 is 1.16 bits per heavy atom. The lowest BCUT2D eigenvalue weighted by Gasteiger charge is -2.09. The highest BCUT2D eigenvalue weighted by molar-refractivity contribution is 5.87. The quantitative estimate of drug-likeness (QED) is 0.917. The van der Waals surface area contributed by atoms with Crippen LogP contribution in [-0.2, 0) is 13.5 Å². The highest BCUT2D eigenvalue weighted by Crippen LogP contribution is 2.18. The zero-order chi connectivity index (χ0) is 14.0. The van der Waals surface area contributed by atoms with Crippen molar-refractivity contribution in [3.05, 3.63) is 57.9 Å². The Labute approximate surface area is 110 Å². The number of rotatable bonds is 3. The summed E-state index contributed by atoms with van der Waals surface area (Å²) in [6.45, 7) is 2.08. The second-order valence-electron chi connectivity index (χ2n) is 4.35. The fraction of sp³-hybridized carbons (Fsp3) is 0.200. The summed E-state index contributed by atoms with van der Waals surface area (Å²) in [7, 11) is 1.58. The van der Waals surface area contributed by atoms with Gasteiger partial charge in [0.15, 0.2) is 0 Å². The van der Waals surface area contributed by atoms with Crippen molar-refractivity contribution in [2.24, 2.45) is 7.05 Å². The number of benzene rings is 1. The van der Waals surface area contributed by atoms with Crippen LogP contribution in [0.2, 0.25) is 0 Å². The average molecular weight is 257 g/mol. The van der Waals surface area contributed by atoms with Gasteiger partial charge in [0, 0.05) is 7.05 Å². The number of aryl methyl sites for hydroxylation is 1. The van der Waals surface area contributed by atoms with Crippen molar-refractivity contribution in [2.75, 3.05) is 0 Å². The molecule has 2 aromatic rings. The summed E-state index contributed by atoms with van der Waals surface area (Å²) in [6.07, 6.45) is 0.956. The van der Waals surface area contributed by atoms with Gasteiger partial charge >= 0.3 is 5.97 Å². The van der Waals surface area contributed by atoms with E-state index >= 15 is 0 Å². The molecular formula is C15H15NO3. The predicted molar refractivity (Wildman–Crippen MR) is 73.5 cm³/mol. The van der Waals surface area contributed by atoms with Gasteiger partial charge in [-0.15, -0.1) is 0 Å². The van der Waals surface area contributed by atoms with Crippen LogP contribution in [-0.4, -0.2) is 15.6 Å². The van der Waals surface area contributed by atoms with Crippen LogP contribution in [0.5, 0.6) is 0 Å². The Kier molecular flexibility index (Phi) is 3.51. The molecule has 0 saturated heterocycles. The van der Waals surface area contributed by atoms with Crippen molar-refractivity contribution < 1.29 is 9.90 Å². The van der Waals surface area contributed by atoms with E-state index in [9.17, 15) is 9.59 Å². The molecule has 0 unspecified atom stereocenters.